The van der Waals surface area contributed by atoms with Crippen LogP contribution in [0.5, 0.6) is 11.5 Å². The topological polar surface area (TPSA) is 77.1 Å². The monoisotopic (exact) mass is 388 g/mol. The van der Waals surface area contributed by atoms with Gasteiger partial charge in [-0.3, -0.25) is 9.59 Å². The van der Waals surface area contributed by atoms with Crippen LogP contribution in [-0.4, -0.2) is 62.5 Å². The zero-order valence-corrected chi connectivity index (χ0v) is 14.5. The number of carbonyl (C=O) groups is 2. The van der Waals surface area contributed by atoms with Crippen LogP contribution in [0.1, 0.15) is 10.4 Å². The van der Waals surface area contributed by atoms with E-state index >= 15 is 0 Å². The fraction of sp³-hybridized carbons (Fsp3) is 0.412. The number of ether oxygens (including phenoxy) is 3. The molecule has 1 saturated heterocycles. The van der Waals surface area contributed by atoms with Gasteiger partial charge in [-0.1, -0.05) is 6.58 Å². The number of methoxy groups -OCH3 is 1. The molecular weight excluding hydrogens is 369 g/mol. The van der Waals surface area contributed by atoms with Crippen LogP contribution in [0.4, 0.5) is 13.2 Å². The molecule has 1 N–H and O–H groups in total. The van der Waals surface area contributed by atoms with E-state index < -0.39 is 24.1 Å². The number of halogens is 3. The molecule has 0 saturated carbocycles. The quantitative estimate of drug-likeness (QED) is 0.752. The Morgan fingerprint density at radius 1 is 1.44 bits per heavy atom. The molecule has 2 amide bonds. The van der Waals surface area contributed by atoms with Crippen LogP contribution in [0.15, 0.2) is 30.9 Å². The number of carbonyl (C=O) groups excluding carboxylic acids is 2. The number of nitrogens with one attached hydrogen (secondary N) is 1. The molecule has 0 radical (unpaired) electrons. The fourth-order valence-electron chi connectivity index (χ4n) is 2.54. The van der Waals surface area contributed by atoms with E-state index in [0.29, 0.717) is 0 Å². The lowest BCUT2D eigenvalue weighted by atomic mass is 10.1. The summed E-state index contributed by atoms with van der Waals surface area (Å²) < 4.78 is 51.7. The lowest BCUT2D eigenvalue weighted by Gasteiger charge is -2.33. The van der Waals surface area contributed by atoms with Crippen molar-refractivity contribution in [3.8, 4) is 11.5 Å². The molecule has 7 nitrogen and oxygen atoms in total. The third-order valence-corrected chi connectivity index (χ3v) is 3.75. The van der Waals surface area contributed by atoms with Crippen molar-refractivity contribution < 1.29 is 37.0 Å². The smallest absolute Gasteiger partial charge is 0.496 e. The van der Waals surface area contributed by atoms with Gasteiger partial charge in [0.25, 0.3) is 5.91 Å². The maximum atomic E-state index is 12.8. The molecule has 0 spiro atoms. The number of morpholine rings is 1. The van der Waals surface area contributed by atoms with Gasteiger partial charge in [-0.2, -0.15) is 0 Å². The first-order chi connectivity index (χ1) is 12.7. The van der Waals surface area contributed by atoms with Gasteiger partial charge in [0, 0.05) is 19.6 Å². The van der Waals surface area contributed by atoms with Gasteiger partial charge in [-0.05, 0) is 24.3 Å². The highest BCUT2D eigenvalue weighted by Crippen LogP contribution is 2.29. The molecule has 1 aliphatic rings. The van der Waals surface area contributed by atoms with Crippen molar-refractivity contribution in [3.63, 3.8) is 0 Å². The summed E-state index contributed by atoms with van der Waals surface area (Å²) in [7, 11) is 1.31. The van der Waals surface area contributed by atoms with Crippen LogP contribution in [0.25, 0.3) is 0 Å². The molecule has 0 bridgehead atoms. The summed E-state index contributed by atoms with van der Waals surface area (Å²) in [6, 6.07) is 3.28. The van der Waals surface area contributed by atoms with Gasteiger partial charge in [0.05, 0.1) is 25.4 Å². The standard InChI is InChI=1S/C17H19F3N2O5/c1-3-15(23)21-9-12-10-22(6-7-26-12)16(24)13-8-11(27-17(18,19)20)4-5-14(13)25-2/h3-5,8,12H,1,6-7,9-10H2,2H3,(H,21,23)/t12-/m0/s1. The Hall–Kier alpha value is -2.75. The maximum absolute atomic E-state index is 12.8. The number of benzene rings is 1. The van der Waals surface area contributed by atoms with Gasteiger partial charge in [-0.25, -0.2) is 0 Å². The van der Waals surface area contributed by atoms with Gasteiger partial charge < -0.3 is 24.4 Å². The van der Waals surface area contributed by atoms with Gasteiger partial charge >= 0.3 is 6.36 Å². The van der Waals surface area contributed by atoms with Gasteiger partial charge in [0.2, 0.25) is 5.91 Å². The van der Waals surface area contributed by atoms with Gasteiger partial charge in [0.15, 0.2) is 0 Å². The fourth-order valence-corrected chi connectivity index (χ4v) is 2.54. The Labute approximate surface area is 153 Å². The zero-order valence-electron chi connectivity index (χ0n) is 14.5. The van der Waals surface area contributed by atoms with E-state index in [9.17, 15) is 22.8 Å². The van der Waals surface area contributed by atoms with Gasteiger partial charge in [0.1, 0.15) is 11.5 Å². The van der Waals surface area contributed by atoms with E-state index in [4.69, 9.17) is 9.47 Å². The average Bonchev–Trinajstić information content (AvgIpc) is 2.64. The zero-order chi connectivity index (χ0) is 20.0. The highest BCUT2D eigenvalue weighted by Gasteiger charge is 2.32. The molecule has 1 atom stereocenters. The van der Waals surface area contributed by atoms with Crippen LogP contribution >= 0.6 is 0 Å². The number of amides is 2. The molecular formula is C17H19F3N2O5. The number of nitrogens with zero attached hydrogens (tertiary/aromatic N) is 1. The Morgan fingerprint density at radius 2 is 2.19 bits per heavy atom. The maximum Gasteiger partial charge on any atom is 0.573 e. The minimum atomic E-state index is -4.87. The summed E-state index contributed by atoms with van der Waals surface area (Å²) in [6.07, 6.45) is -4.21. The molecule has 2 rings (SSSR count). The minimum Gasteiger partial charge on any atom is -0.496 e. The van der Waals surface area contributed by atoms with Crippen molar-refractivity contribution in [2.45, 2.75) is 12.5 Å². The van der Waals surface area contributed by atoms with Crippen LogP contribution < -0.4 is 14.8 Å². The Bertz CT molecular complexity index is 708. The van der Waals surface area contributed by atoms with Gasteiger partial charge in [-0.15, -0.1) is 13.2 Å². The first-order valence-corrected chi connectivity index (χ1v) is 7.98. The van der Waals surface area contributed by atoms with Crippen LogP contribution in [0.2, 0.25) is 0 Å². The Balaban J connectivity index is 2.14. The molecule has 1 aromatic rings. The first-order valence-electron chi connectivity index (χ1n) is 7.98. The highest BCUT2D eigenvalue weighted by atomic mass is 19.4. The third kappa shape index (κ3) is 5.88. The predicted octanol–water partition coefficient (Wildman–Crippen LogP) is 1.74. The lowest BCUT2D eigenvalue weighted by molar-refractivity contribution is -0.274. The van der Waals surface area contributed by atoms with Crippen molar-refractivity contribution in [1.82, 2.24) is 10.2 Å². The summed E-state index contributed by atoms with van der Waals surface area (Å²) in [5.41, 5.74) is -0.0602. The molecule has 0 unspecified atom stereocenters. The van der Waals surface area contributed by atoms with Crippen molar-refractivity contribution in [3.05, 3.63) is 36.4 Å². The van der Waals surface area contributed by atoms with Crippen molar-refractivity contribution in [2.24, 2.45) is 0 Å². The average molecular weight is 388 g/mol. The van der Waals surface area contributed by atoms with Crippen LogP contribution in [-0.2, 0) is 9.53 Å². The second kappa shape index (κ2) is 8.76. The Morgan fingerprint density at radius 3 is 2.81 bits per heavy atom. The lowest BCUT2D eigenvalue weighted by Crippen LogP contribution is -2.49. The molecule has 27 heavy (non-hydrogen) atoms. The largest absolute Gasteiger partial charge is 0.573 e. The summed E-state index contributed by atoms with van der Waals surface area (Å²) >= 11 is 0. The summed E-state index contributed by atoms with van der Waals surface area (Å²) in [4.78, 5) is 25.4. The van der Waals surface area contributed by atoms with Crippen molar-refractivity contribution in [2.75, 3.05) is 33.4 Å². The number of alkyl halides is 3. The number of hydrogen-bond donors (Lipinski definition) is 1. The second-order valence-electron chi connectivity index (χ2n) is 5.60. The SMILES string of the molecule is C=CC(=O)NC[C@H]1CN(C(=O)c2cc(OC(F)(F)F)ccc2OC)CCO1. The molecule has 1 aliphatic heterocycles. The summed E-state index contributed by atoms with van der Waals surface area (Å²) in [6.45, 7) is 4.13. The van der Waals surface area contributed by atoms with Crippen molar-refractivity contribution in [1.29, 1.82) is 0 Å². The van der Waals surface area contributed by atoms with E-state index in [-0.39, 0.29) is 43.5 Å². The molecule has 0 aromatic heterocycles. The third-order valence-electron chi connectivity index (χ3n) is 3.75. The number of hydrogen-bond acceptors (Lipinski definition) is 5. The molecule has 1 aromatic carbocycles. The Kier molecular flexibility index (Phi) is 6.67. The molecule has 1 heterocycles. The van der Waals surface area contributed by atoms with Crippen LogP contribution in [0.3, 0.4) is 0 Å². The highest BCUT2D eigenvalue weighted by molar-refractivity contribution is 5.97. The molecule has 148 valence electrons. The molecule has 0 aliphatic carbocycles. The molecule has 1 fully saturated rings. The summed E-state index contributed by atoms with van der Waals surface area (Å²) in [5.74, 6) is -1.30. The van der Waals surface area contributed by atoms with E-state index in [0.717, 1.165) is 18.2 Å². The molecule has 10 heteroatoms. The van der Waals surface area contributed by atoms with E-state index in [1.807, 2.05) is 0 Å². The van der Waals surface area contributed by atoms with E-state index in [2.05, 4.69) is 16.6 Å². The minimum absolute atomic E-state index is 0.0602. The normalized spacial score (nSPS) is 17.2. The van der Waals surface area contributed by atoms with Crippen molar-refractivity contribution >= 4 is 11.8 Å². The van der Waals surface area contributed by atoms with Crippen LogP contribution in [0, 0.1) is 0 Å². The second-order valence-corrected chi connectivity index (χ2v) is 5.60. The van der Waals surface area contributed by atoms with E-state index in [1.54, 1.807) is 0 Å². The number of rotatable bonds is 6. The summed E-state index contributed by atoms with van der Waals surface area (Å²) in [5, 5.41) is 2.57. The first kappa shape index (κ1) is 20.6. The van der Waals surface area contributed by atoms with E-state index in [1.165, 1.54) is 18.1 Å². The predicted molar refractivity (Wildman–Crippen MR) is 88.5 cm³/mol.